The Morgan fingerprint density at radius 1 is 0.536 bits per heavy atom. The summed E-state index contributed by atoms with van der Waals surface area (Å²) in [7, 11) is 0. The Kier molecular flexibility index (Phi) is 44.9. The fourth-order valence-corrected chi connectivity index (χ4v) is 8.58. The molecule has 0 aromatic heterocycles. The number of hydrogen-bond donors (Lipinski definition) is 6. The van der Waals surface area contributed by atoms with Crippen molar-refractivity contribution in [3.05, 3.63) is 48.6 Å². The first-order valence-corrected chi connectivity index (χ1v) is 28.4. The molecule has 11 heteroatoms. The third-order valence-corrected chi connectivity index (χ3v) is 13.2. The highest BCUT2D eigenvalue weighted by atomic mass is 16.7. The summed E-state index contributed by atoms with van der Waals surface area (Å²) in [5.41, 5.74) is 0. The molecule has 402 valence electrons. The standard InChI is InChI=1S/C58H105NO10/c1-3-5-7-9-11-13-15-16-18-21-25-28-32-36-40-44-51(61)50(49-68-58-57(66)56(65)55(64)52(48-60)69-58)59-53(62)45-41-37-33-29-26-22-19-17-20-23-27-31-35-39-43-47-67-54(63)46-42-38-34-30-24-14-12-10-8-6-4-2/h10,12,17,20,23,27,40,44,50-52,55-58,60-61,64-66H,3-9,11,13-16,18-19,21-22,24-26,28-39,41-43,45-49H2,1-2H3,(H,59,62)/b12-10-,20-17-,27-23-,44-40+. The van der Waals surface area contributed by atoms with Crippen LogP contribution in [0.15, 0.2) is 48.6 Å². The Hall–Kier alpha value is -2.38. The second-order valence-corrected chi connectivity index (χ2v) is 19.7. The maximum absolute atomic E-state index is 13.0. The van der Waals surface area contributed by atoms with Gasteiger partial charge in [0.2, 0.25) is 5.91 Å². The Labute approximate surface area is 421 Å². The zero-order chi connectivity index (χ0) is 50.3. The number of ether oxygens (including phenoxy) is 3. The minimum absolute atomic E-state index is 0.0525. The molecule has 1 fully saturated rings. The number of allylic oxidation sites excluding steroid dienone is 7. The molecule has 7 atom stereocenters. The lowest BCUT2D eigenvalue weighted by molar-refractivity contribution is -0.302. The summed E-state index contributed by atoms with van der Waals surface area (Å²) in [4.78, 5) is 25.0. The van der Waals surface area contributed by atoms with Gasteiger partial charge >= 0.3 is 5.97 Å². The highest BCUT2D eigenvalue weighted by Crippen LogP contribution is 2.23. The zero-order valence-corrected chi connectivity index (χ0v) is 44.0. The second kappa shape index (κ2) is 47.9. The molecule has 0 aromatic rings. The summed E-state index contributed by atoms with van der Waals surface area (Å²) in [5.74, 6) is -0.257. The van der Waals surface area contributed by atoms with Gasteiger partial charge in [0, 0.05) is 12.8 Å². The van der Waals surface area contributed by atoms with Crippen molar-refractivity contribution in [1.29, 1.82) is 0 Å². The van der Waals surface area contributed by atoms with E-state index in [0.717, 1.165) is 103 Å². The molecule has 1 aliphatic rings. The number of esters is 1. The topological polar surface area (TPSA) is 175 Å². The molecule has 69 heavy (non-hydrogen) atoms. The second-order valence-electron chi connectivity index (χ2n) is 19.7. The third kappa shape index (κ3) is 38.0. The van der Waals surface area contributed by atoms with Gasteiger partial charge in [-0.05, 0) is 83.5 Å². The van der Waals surface area contributed by atoms with Gasteiger partial charge in [-0.3, -0.25) is 9.59 Å². The van der Waals surface area contributed by atoms with Crippen LogP contribution in [0.1, 0.15) is 245 Å². The van der Waals surface area contributed by atoms with Crippen LogP contribution < -0.4 is 5.32 Å². The van der Waals surface area contributed by atoms with Crippen molar-refractivity contribution in [1.82, 2.24) is 5.32 Å². The van der Waals surface area contributed by atoms with E-state index in [1.54, 1.807) is 6.08 Å². The first-order chi connectivity index (χ1) is 33.7. The van der Waals surface area contributed by atoms with Crippen LogP contribution in [0.25, 0.3) is 0 Å². The van der Waals surface area contributed by atoms with E-state index in [1.165, 1.54) is 116 Å². The zero-order valence-electron chi connectivity index (χ0n) is 44.0. The average Bonchev–Trinajstić information content (AvgIpc) is 3.34. The molecule has 6 N–H and O–H groups in total. The number of hydrogen-bond acceptors (Lipinski definition) is 10. The van der Waals surface area contributed by atoms with Gasteiger partial charge in [-0.15, -0.1) is 0 Å². The van der Waals surface area contributed by atoms with E-state index >= 15 is 0 Å². The first-order valence-electron chi connectivity index (χ1n) is 28.4. The molecule has 0 spiro atoms. The van der Waals surface area contributed by atoms with Gasteiger partial charge in [0.15, 0.2) is 6.29 Å². The maximum atomic E-state index is 13.0. The van der Waals surface area contributed by atoms with Crippen LogP contribution in [-0.2, 0) is 23.8 Å². The number of aliphatic hydroxyl groups is 5. The average molecular weight is 976 g/mol. The minimum atomic E-state index is -1.58. The van der Waals surface area contributed by atoms with Gasteiger partial charge in [-0.25, -0.2) is 0 Å². The largest absolute Gasteiger partial charge is 0.466 e. The molecular weight excluding hydrogens is 871 g/mol. The molecule has 1 amide bonds. The van der Waals surface area contributed by atoms with Gasteiger partial charge in [0.25, 0.3) is 0 Å². The van der Waals surface area contributed by atoms with Crippen LogP contribution in [0.5, 0.6) is 0 Å². The Morgan fingerprint density at radius 3 is 1.52 bits per heavy atom. The van der Waals surface area contributed by atoms with E-state index < -0.39 is 49.5 Å². The number of carbonyl (C=O) groups is 2. The number of unbranched alkanes of at least 4 members (excludes halogenated alkanes) is 29. The van der Waals surface area contributed by atoms with E-state index in [9.17, 15) is 35.1 Å². The van der Waals surface area contributed by atoms with Crippen LogP contribution in [-0.4, -0.2) is 100 Å². The number of aliphatic hydroxyl groups excluding tert-OH is 5. The maximum Gasteiger partial charge on any atom is 0.305 e. The number of rotatable bonds is 48. The number of nitrogens with one attached hydrogen (secondary N) is 1. The summed E-state index contributed by atoms with van der Waals surface area (Å²) < 4.78 is 16.7. The monoisotopic (exact) mass is 976 g/mol. The highest BCUT2D eigenvalue weighted by molar-refractivity contribution is 5.76. The molecule has 11 nitrogen and oxygen atoms in total. The smallest absolute Gasteiger partial charge is 0.305 e. The molecule has 0 saturated carbocycles. The lowest BCUT2D eigenvalue weighted by atomic mass is 9.99. The van der Waals surface area contributed by atoms with Gasteiger partial charge in [0.05, 0.1) is 32.0 Å². The van der Waals surface area contributed by atoms with Gasteiger partial charge in [-0.1, -0.05) is 197 Å². The van der Waals surface area contributed by atoms with Crippen molar-refractivity contribution in [2.24, 2.45) is 0 Å². The molecule has 0 aromatic carbocycles. The molecule has 7 unspecified atom stereocenters. The first kappa shape index (κ1) is 64.6. The Bertz CT molecular complexity index is 1290. The van der Waals surface area contributed by atoms with Gasteiger partial charge < -0.3 is 45.1 Å². The van der Waals surface area contributed by atoms with Gasteiger partial charge in [-0.2, -0.15) is 0 Å². The predicted molar refractivity (Wildman–Crippen MR) is 283 cm³/mol. The Morgan fingerprint density at radius 2 is 0.986 bits per heavy atom. The van der Waals surface area contributed by atoms with Crippen molar-refractivity contribution in [2.45, 2.75) is 288 Å². The molecule has 0 bridgehead atoms. The molecular formula is C58H105NO10. The normalized spacial score (nSPS) is 19.7. The van der Waals surface area contributed by atoms with E-state index in [-0.39, 0.29) is 18.5 Å². The lowest BCUT2D eigenvalue weighted by Crippen LogP contribution is -2.60. The van der Waals surface area contributed by atoms with Crippen LogP contribution in [0.3, 0.4) is 0 Å². The van der Waals surface area contributed by atoms with Crippen LogP contribution >= 0.6 is 0 Å². The molecule has 1 aliphatic heterocycles. The molecule has 1 saturated heterocycles. The minimum Gasteiger partial charge on any atom is -0.466 e. The van der Waals surface area contributed by atoms with Crippen molar-refractivity contribution < 1.29 is 49.3 Å². The summed E-state index contributed by atoms with van der Waals surface area (Å²) in [6.45, 7) is 4.23. The van der Waals surface area contributed by atoms with Crippen molar-refractivity contribution in [2.75, 3.05) is 19.8 Å². The lowest BCUT2D eigenvalue weighted by Gasteiger charge is -2.40. The quantitative estimate of drug-likeness (QED) is 0.0149. The fourth-order valence-electron chi connectivity index (χ4n) is 8.58. The summed E-state index contributed by atoms with van der Waals surface area (Å²) in [5, 5.41) is 54.4. The van der Waals surface area contributed by atoms with Crippen molar-refractivity contribution in [3.63, 3.8) is 0 Å². The Balaban J connectivity index is 2.21. The number of carbonyl (C=O) groups excluding carboxylic acids is 2. The molecule has 1 heterocycles. The fraction of sp³-hybridized carbons (Fsp3) is 0.828. The summed E-state index contributed by atoms with van der Waals surface area (Å²) >= 11 is 0. The molecule has 0 aliphatic carbocycles. The van der Waals surface area contributed by atoms with Crippen LogP contribution in [0, 0.1) is 0 Å². The highest BCUT2D eigenvalue weighted by Gasteiger charge is 2.44. The van der Waals surface area contributed by atoms with Crippen molar-refractivity contribution >= 4 is 11.9 Å². The van der Waals surface area contributed by atoms with Crippen LogP contribution in [0.2, 0.25) is 0 Å². The molecule has 1 rings (SSSR count). The summed E-state index contributed by atoms with van der Waals surface area (Å²) in [6.07, 6.45) is 49.0. The van der Waals surface area contributed by atoms with E-state index in [1.807, 2.05) is 6.08 Å². The van der Waals surface area contributed by atoms with E-state index in [4.69, 9.17) is 14.2 Å². The third-order valence-electron chi connectivity index (χ3n) is 13.2. The van der Waals surface area contributed by atoms with E-state index in [0.29, 0.717) is 19.4 Å². The van der Waals surface area contributed by atoms with E-state index in [2.05, 4.69) is 55.6 Å². The summed E-state index contributed by atoms with van der Waals surface area (Å²) in [6, 6.07) is -0.828. The SMILES string of the molecule is CCCC/C=C\CCCCCCCC(=O)OCCCCC/C=C\C=C/CCCCCCCCC(=O)NC(COC1OC(CO)C(O)C(O)C1O)C(O)/C=C/CCCCCCCCCCCCCCC. The van der Waals surface area contributed by atoms with Crippen molar-refractivity contribution in [3.8, 4) is 0 Å². The molecule has 0 radical (unpaired) electrons. The van der Waals surface area contributed by atoms with Crippen LogP contribution in [0.4, 0.5) is 0 Å². The van der Waals surface area contributed by atoms with Gasteiger partial charge in [0.1, 0.15) is 24.4 Å². The number of amides is 1. The predicted octanol–water partition coefficient (Wildman–Crippen LogP) is 12.5.